The van der Waals surface area contributed by atoms with Gasteiger partial charge >= 0.3 is 0 Å². The Labute approximate surface area is 85.3 Å². The van der Waals surface area contributed by atoms with E-state index in [-0.39, 0.29) is 5.38 Å². The minimum absolute atomic E-state index is 0.216. The van der Waals surface area contributed by atoms with Gasteiger partial charge in [0, 0.05) is 18.5 Å². The third-order valence-electron chi connectivity index (χ3n) is 1.86. The summed E-state index contributed by atoms with van der Waals surface area (Å²) in [5.41, 5.74) is 1.34. The van der Waals surface area contributed by atoms with Gasteiger partial charge in [0.25, 0.3) is 0 Å². The molecule has 1 aromatic carbocycles. The maximum atomic E-state index is 5.90. The summed E-state index contributed by atoms with van der Waals surface area (Å²) in [6.45, 7) is 3.91. The quantitative estimate of drug-likeness (QED) is 0.671. The first kappa shape index (κ1) is 10.6. The second-order valence-electron chi connectivity index (χ2n) is 3.46. The van der Waals surface area contributed by atoms with Gasteiger partial charge in [-0.2, -0.15) is 0 Å². The van der Waals surface area contributed by atoms with Gasteiger partial charge in [-0.05, 0) is 19.5 Å². The topological polar surface area (TPSA) is 3.24 Å². The minimum Gasteiger partial charge on any atom is -0.301 e. The molecule has 0 saturated carbocycles. The van der Waals surface area contributed by atoms with E-state index in [4.69, 9.17) is 11.6 Å². The van der Waals surface area contributed by atoms with Crippen LogP contribution in [0.5, 0.6) is 0 Å². The highest BCUT2D eigenvalue weighted by molar-refractivity contribution is 6.20. The number of hydrogen-bond donors (Lipinski definition) is 0. The SMILES string of the molecule is CC(Cl)CN(C)Cc1ccccc1. The van der Waals surface area contributed by atoms with Gasteiger partial charge in [-0.25, -0.2) is 0 Å². The van der Waals surface area contributed by atoms with Crippen LogP contribution in [0.25, 0.3) is 0 Å². The molecule has 0 saturated heterocycles. The van der Waals surface area contributed by atoms with Crippen LogP contribution in [0.3, 0.4) is 0 Å². The molecule has 0 aromatic heterocycles. The molecule has 0 spiro atoms. The molecule has 1 atom stereocenters. The Morgan fingerprint density at radius 3 is 2.46 bits per heavy atom. The first-order chi connectivity index (χ1) is 6.18. The second-order valence-corrected chi connectivity index (χ2v) is 4.21. The summed E-state index contributed by atoms with van der Waals surface area (Å²) in [5, 5.41) is 0.216. The van der Waals surface area contributed by atoms with Crippen molar-refractivity contribution in [1.82, 2.24) is 4.90 Å². The molecular weight excluding hydrogens is 182 g/mol. The second kappa shape index (κ2) is 5.25. The van der Waals surface area contributed by atoms with E-state index in [1.54, 1.807) is 0 Å². The lowest BCUT2D eigenvalue weighted by Crippen LogP contribution is -2.24. The lowest BCUT2D eigenvalue weighted by atomic mass is 10.2. The van der Waals surface area contributed by atoms with Crippen molar-refractivity contribution >= 4 is 11.6 Å². The van der Waals surface area contributed by atoms with Crippen molar-refractivity contribution in [2.75, 3.05) is 13.6 Å². The van der Waals surface area contributed by atoms with Crippen molar-refractivity contribution in [1.29, 1.82) is 0 Å². The fraction of sp³-hybridized carbons (Fsp3) is 0.455. The number of benzene rings is 1. The summed E-state index contributed by atoms with van der Waals surface area (Å²) < 4.78 is 0. The summed E-state index contributed by atoms with van der Waals surface area (Å²) in [5.74, 6) is 0. The van der Waals surface area contributed by atoms with Gasteiger partial charge in [0.1, 0.15) is 0 Å². The number of alkyl halides is 1. The zero-order valence-corrected chi connectivity index (χ0v) is 8.96. The molecule has 1 aromatic rings. The van der Waals surface area contributed by atoms with Crippen LogP contribution in [0.2, 0.25) is 0 Å². The predicted molar refractivity (Wildman–Crippen MR) is 58.1 cm³/mol. The van der Waals surface area contributed by atoms with Gasteiger partial charge in [0.15, 0.2) is 0 Å². The fourth-order valence-electron chi connectivity index (χ4n) is 1.39. The van der Waals surface area contributed by atoms with Crippen LogP contribution in [0.1, 0.15) is 12.5 Å². The van der Waals surface area contributed by atoms with Gasteiger partial charge in [0.05, 0.1) is 0 Å². The van der Waals surface area contributed by atoms with Crippen molar-refractivity contribution in [3.05, 3.63) is 35.9 Å². The number of hydrogen-bond acceptors (Lipinski definition) is 1. The highest BCUT2D eigenvalue weighted by Crippen LogP contribution is 2.04. The van der Waals surface area contributed by atoms with E-state index in [9.17, 15) is 0 Å². The van der Waals surface area contributed by atoms with E-state index in [1.807, 2.05) is 13.0 Å². The highest BCUT2D eigenvalue weighted by Gasteiger charge is 2.02. The summed E-state index contributed by atoms with van der Waals surface area (Å²) in [6.07, 6.45) is 0. The molecule has 0 amide bonds. The molecule has 1 rings (SSSR count). The van der Waals surface area contributed by atoms with E-state index in [0.717, 1.165) is 13.1 Å². The zero-order chi connectivity index (χ0) is 9.68. The number of halogens is 1. The zero-order valence-electron chi connectivity index (χ0n) is 8.20. The van der Waals surface area contributed by atoms with E-state index >= 15 is 0 Å². The van der Waals surface area contributed by atoms with Crippen molar-refractivity contribution < 1.29 is 0 Å². The third kappa shape index (κ3) is 4.30. The molecule has 0 N–H and O–H groups in total. The molecule has 0 heterocycles. The summed E-state index contributed by atoms with van der Waals surface area (Å²) in [7, 11) is 2.09. The van der Waals surface area contributed by atoms with Gasteiger partial charge < -0.3 is 4.90 Å². The Kier molecular flexibility index (Phi) is 4.26. The van der Waals surface area contributed by atoms with Crippen LogP contribution in [0.4, 0.5) is 0 Å². The molecule has 0 bridgehead atoms. The van der Waals surface area contributed by atoms with Crippen LogP contribution < -0.4 is 0 Å². The first-order valence-corrected chi connectivity index (χ1v) is 4.98. The smallest absolute Gasteiger partial charge is 0.0435 e. The van der Waals surface area contributed by atoms with E-state index < -0.39 is 0 Å². The summed E-state index contributed by atoms with van der Waals surface area (Å²) in [4.78, 5) is 2.23. The third-order valence-corrected chi connectivity index (χ3v) is 2.00. The Balaban J connectivity index is 2.41. The maximum absolute atomic E-state index is 5.90. The number of nitrogens with zero attached hydrogens (tertiary/aromatic N) is 1. The number of rotatable bonds is 4. The molecule has 0 aliphatic rings. The molecular formula is C11H16ClN. The largest absolute Gasteiger partial charge is 0.301 e. The monoisotopic (exact) mass is 197 g/mol. The lowest BCUT2D eigenvalue weighted by molar-refractivity contribution is 0.330. The van der Waals surface area contributed by atoms with E-state index in [2.05, 4.69) is 36.2 Å². The lowest BCUT2D eigenvalue weighted by Gasteiger charge is -2.17. The average Bonchev–Trinajstić information content (AvgIpc) is 2.04. The van der Waals surface area contributed by atoms with Crippen molar-refractivity contribution in [2.45, 2.75) is 18.8 Å². The van der Waals surface area contributed by atoms with Crippen molar-refractivity contribution in [2.24, 2.45) is 0 Å². The molecule has 1 nitrogen and oxygen atoms in total. The molecule has 13 heavy (non-hydrogen) atoms. The van der Waals surface area contributed by atoms with E-state index in [0.29, 0.717) is 0 Å². The molecule has 1 unspecified atom stereocenters. The van der Waals surface area contributed by atoms with Crippen LogP contribution >= 0.6 is 11.6 Å². The Morgan fingerprint density at radius 1 is 1.31 bits per heavy atom. The molecule has 72 valence electrons. The van der Waals surface area contributed by atoms with Crippen molar-refractivity contribution in [3.63, 3.8) is 0 Å². The Bertz CT molecular complexity index is 233. The Hall–Kier alpha value is -0.530. The molecule has 0 fully saturated rings. The van der Waals surface area contributed by atoms with Crippen LogP contribution in [0, 0.1) is 0 Å². The predicted octanol–water partition coefficient (Wildman–Crippen LogP) is 2.75. The van der Waals surface area contributed by atoms with Gasteiger partial charge in [-0.15, -0.1) is 11.6 Å². The highest BCUT2D eigenvalue weighted by atomic mass is 35.5. The average molecular weight is 198 g/mol. The molecule has 2 heteroatoms. The van der Waals surface area contributed by atoms with Crippen molar-refractivity contribution in [3.8, 4) is 0 Å². The molecule has 0 aliphatic carbocycles. The fourth-order valence-corrected chi connectivity index (χ4v) is 1.62. The van der Waals surface area contributed by atoms with E-state index in [1.165, 1.54) is 5.56 Å². The standard InChI is InChI=1S/C11H16ClN/c1-10(12)8-13(2)9-11-6-4-3-5-7-11/h3-7,10H,8-9H2,1-2H3. The van der Waals surface area contributed by atoms with Gasteiger partial charge in [0.2, 0.25) is 0 Å². The maximum Gasteiger partial charge on any atom is 0.0435 e. The van der Waals surface area contributed by atoms with Gasteiger partial charge in [-0.1, -0.05) is 30.3 Å². The summed E-state index contributed by atoms with van der Waals surface area (Å²) >= 11 is 5.90. The first-order valence-electron chi connectivity index (χ1n) is 4.55. The van der Waals surface area contributed by atoms with Crippen LogP contribution in [-0.4, -0.2) is 23.9 Å². The minimum atomic E-state index is 0.216. The van der Waals surface area contributed by atoms with Gasteiger partial charge in [-0.3, -0.25) is 0 Å². The van der Waals surface area contributed by atoms with Crippen LogP contribution in [0.15, 0.2) is 30.3 Å². The van der Waals surface area contributed by atoms with Crippen LogP contribution in [-0.2, 0) is 6.54 Å². The molecule has 0 radical (unpaired) electrons. The summed E-state index contributed by atoms with van der Waals surface area (Å²) in [6, 6.07) is 10.4. The Morgan fingerprint density at radius 2 is 1.92 bits per heavy atom. The molecule has 0 aliphatic heterocycles. The normalized spacial score (nSPS) is 13.2.